The Morgan fingerprint density at radius 3 is 2.37 bits per heavy atom. The minimum absolute atomic E-state index is 0.194. The second-order valence-electron chi connectivity index (χ2n) is 3.21. The lowest BCUT2D eigenvalue weighted by Gasteiger charge is -2.15. The standard InChI is InChI=1S/C11H8F3NO4/c1-17-9-7(10(16)18-2)3-6(5-15)4-8(9)19-11(12,13)14/h3-4H,1-2H3. The van der Waals surface area contributed by atoms with Crippen molar-refractivity contribution < 1.29 is 32.2 Å². The highest BCUT2D eigenvalue weighted by atomic mass is 19.4. The van der Waals surface area contributed by atoms with Gasteiger partial charge >= 0.3 is 12.3 Å². The first-order valence-corrected chi connectivity index (χ1v) is 4.78. The van der Waals surface area contributed by atoms with Crippen LogP contribution in [-0.2, 0) is 4.74 Å². The Balaban J connectivity index is 3.44. The van der Waals surface area contributed by atoms with Crippen LogP contribution in [0.25, 0.3) is 0 Å². The zero-order valence-electron chi connectivity index (χ0n) is 9.87. The van der Waals surface area contributed by atoms with Gasteiger partial charge in [0, 0.05) is 6.07 Å². The molecule has 0 amide bonds. The molecule has 0 radical (unpaired) electrons. The van der Waals surface area contributed by atoms with Gasteiger partial charge in [0.05, 0.1) is 25.9 Å². The van der Waals surface area contributed by atoms with Gasteiger partial charge in [-0.25, -0.2) is 4.79 Å². The molecular weight excluding hydrogens is 267 g/mol. The van der Waals surface area contributed by atoms with E-state index in [1.54, 1.807) is 6.07 Å². The number of halogens is 3. The van der Waals surface area contributed by atoms with Crippen molar-refractivity contribution in [2.75, 3.05) is 14.2 Å². The van der Waals surface area contributed by atoms with Crippen LogP contribution < -0.4 is 9.47 Å². The highest BCUT2D eigenvalue weighted by molar-refractivity contribution is 5.94. The number of hydrogen-bond acceptors (Lipinski definition) is 5. The van der Waals surface area contributed by atoms with Gasteiger partial charge in [0.25, 0.3) is 0 Å². The summed E-state index contributed by atoms with van der Waals surface area (Å²) in [6, 6.07) is 3.48. The molecule has 0 atom stereocenters. The number of methoxy groups -OCH3 is 2. The summed E-state index contributed by atoms with van der Waals surface area (Å²) >= 11 is 0. The SMILES string of the molecule is COC(=O)c1cc(C#N)cc(OC(F)(F)F)c1OC. The zero-order chi connectivity index (χ0) is 14.6. The Morgan fingerprint density at radius 2 is 1.95 bits per heavy atom. The molecule has 0 aliphatic rings. The molecule has 1 aromatic rings. The zero-order valence-corrected chi connectivity index (χ0v) is 9.87. The molecule has 0 aliphatic heterocycles. The number of carbonyl (C=O) groups is 1. The molecule has 0 aliphatic carbocycles. The van der Waals surface area contributed by atoms with Crippen molar-refractivity contribution in [1.82, 2.24) is 0 Å². The average molecular weight is 275 g/mol. The molecule has 0 saturated carbocycles. The number of nitriles is 1. The number of alkyl halides is 3. The highest BCUT2D eigenvalue weighted by Crippen LogP contribution is 2.36. The third kappa shape index (κ3) is 3.51. The average Bonchev–Trinajstić information content (AvgIpc) is 2.34. The van der Waals surface area contributed by atoms with E-state index < -0.39 is 23.8 Å². The van der Waals surface area contributed by atoms with E-state index in [9.17, 15) is 18.0 Å². The summed E-state index contributed by atoms with van der Waals surface area (Å²) in [6.07, 6.45) is -4.98. The van der Waals surface area contributed by atoms with Crippen molar-refractivity contribution in [3.8, 4) is 17.6 Å². The number of esters is 1. The van der Waals surface area contributed by atoms with Crippen LogP contribution in [0.3, 0.4) is 0 Å². The van der Waals surface area contributed by atoms with Crippen molar-refractivity contribution in [2.24, 2.45) is 0 Å². The Hall–Kier alpha value is -2.43. The summed E-state index contributed by atoms with van der Waals surface area (Å²) in [7, 11) is 2.11. The summed E-state index contributed by atoms with van der Waals surface area (Å²) in [6.45, 7) is 0. The third-order valence-corrected chi connectivity index (χ3v) is 2.02. The lowest BCUT2D eigenvalue weighted by Crippen LogP contribution is -2.18. The molecular formula is C11H8F3NO4. The Morgan fingerprint density at radius 1 is 1.32 bits per heavy atom. The van der Waals surface area contributed by atoms with E-state index in [2.05, 4.69) is 9.47 Å². The second kappa shape index (κ2) is 5.48. The summed E-state index contributed by atoms with van der Waals surface area (Å²) < 4.78 is 49.5. The molecule has 1 aromatic carbocycles. The fourth-order valence-electron chi connectivity index (χ4n) is 1.34. The number of rotatable bonds is 3. The van der Waals surface area contributed by atoms with E-state index in [0.29, 0.717) is 0 Å². The first kappa shape index (κ1) is 14.6. The maximum absolute atomic E-state index is 12.2. The minimum atomic E-state index is -4.98. The molecule has 0 saturated heterocycles. The fraction of sp³-hybridized carbons (Fsp3) is 0.273. The lowest BCUT2D eigenvalue weighted by atomic mass is 10.1. The molecule has 0 unspecified atom stereocenters. The maximum Gasteiger partial charge on any atom is 0.573 e. The fourth-order valence-corrected chi connectivity index (χ4v) is 1.34. The van der Waals surface area contributed by atoms with E-state index in [4.69, 9.17) is 10.00 Å². The predicted octanol–water partition coefficient (Wildman–Crippen LogP) is 2.25. The molecule has 102 valence electrons. The van der Waals surface area contributed by atoms with Gasteiger partial charge in [-0.3, -0.25) is 0 Å². The first-order valence-electron chi connectivity index (χ1n) is 4.78. The monoisotopic (exact) mass is 275 g/mol. The summed E-state index contributed by atoms with van der Waals surface area (Å²) in [5.41, 5.74) is -0.524. The Bertz CT molecular complexity index is 534. The van der Waals surface area contributed by atoms with E-state index in [0.717, 1.165) is 26.4 Å². The topological polar surface area (TPSA) is 68.6 Å². The third-order valence-electron chi connectivity index (χ3n) is 2.02. The van der Waals surface area contributed by atoms with Crippen LogP contribution in [0.15, 0.2) is 12.1 Å². The van der Waals surface area contributed by atoms with Gasteiger partial charge in [0.1, 0.15) is 5.56 Å². The number of benzene rings is 1. The predicted molar refractivity (Wildman–Crippen MR) is 55.7 cm³/mol. The number of hydrogen-bond donors (Lipinski definition) is 0. The van der Waals surface area contributed by atoms with Gasteiger partial charge < -0.3 is 14.2 Å². The van der Waals surface area contributed by atoms with E-state index in [1.807, 2.05) is 0 Å². The number of ether oxygens (including phenoxy) is 3. The van der Waals surface area contributed by atoms with Crippen LogP contribution in [0.5, 0.6) is 11.5 Å². The molecule has 19 heavy (non-hydrogen) atoms. The van der Waals surface area contributed by atoms with Crippen molar-refractivity contribution in [2.45, 2.75) is 6.36 Å². The largest absolute Gasteiger partial charge is 0.573 e. The van der Waals surface area contributed by atoms with Gasteiger partial charge in [-0.2, -0.15) is 5.26 Å². The molecule has 0 spiro atoms. The van der Waals surface area contributed by atoms with Gasteiger partial charge in [-0.15, -0.1) is 13.2 Å². The summed E-state index contributed by atoms with van der Waals surface area (Å²) in [5, 5.41) is 8.72. The van der Waals surface area contributed by atoms with Crippen molar-refractivity contribution in [1.29, 1.82) is 5.26 Å². The normalized spacial score (nSPS) is 10.5. The molecule has 0 fully saturated rings. The van der Waals surface area contributed by atoms with Gasteiger partial charge in [0.15, 0.2) is 11.5 Å². The summed E-state index contributed by atoms with van der Waals surface area (Å²) in [5.74, 6) is -2.18. The molecule has 0 bridgehead atoms. The summed E-state index contributed by atoms with van der Waals surface area (Å²) in [4.78, 5) is 11.4. The second-order valence-corrected chi connectivity index (χ2v) is 3.21. The number of carbonyl (C=O) groups excluding carboxylic acids is 1. The van der Waals surface area contributed by atoms with Gasteiger partial charge in [-0.1, -0.05) is 0 Å². The highest BCUT2D eigenvalue weighted by Gasteiger charge is 2.34. The van der Waals surface area contributed by atoms with E-state index >= 15 is 0 Å². The van der Waals surface area contributed by atoms with E-state index in [1.165, 1.54) is 0 Å². The Labute approximate surface area is 106 Å². The van der Waals surface area contributed by atoms with Crippen molar-refractivity contribution in [3.63, 3.8) is 0 Å². The smallest absolute Gasteiger partial charge is 0.492 e. The van der Waals surface area contributed by atoms with Crippen LogP contribution in [-0.4, -0.2) is 26.6 Å². The van der Waals surface area contributed by atoms with Crippen molar-refractivity contribution >= 4 is 5.97 Å². The van der Waals surface area contributed by atoms with Crippen LogP contribution in [0.4, 0.5) is 13.2 Å². The van der Waals surface area contributed by atoms with E-state index in [-0.39, 0.29) is 11.1 Å². The molecule has 0 aromatic heterocycles. The maximum atomic E-state index is 12.2. The molecule has 5 nitrogen and oxygen atoms in total. The first-order chi connectivity index (χ1) is 8.82. The van der Waals surface area contributed by atoms with Gasteiger partial charge in [0.2, 0.25) is 0 Å². The van der Waals surface area contributed by atoms with Crippen molar-refractivity contribution in [3.05, 3.63) is 23.3 Å². The quantitative estimate of drug-likeness (QED) is 0.791. The van der Waals surface area contributed by atoms with Crippen LogP contribution in [0.1, 0.15) is 15.9 Å². The molecule has 0 N–H and O–H groups in total. The number of nitrogens with zero attached hydrogens (tertiary/aromatic N) is 1. The lowest BCUT2D eigenvalue weighted by molar-refractivity contribution is -0.275. The van der Waals surface area contributed by atoms with Crippen LogP contribution in [0, 0.1) is 11.3 Å². The van der Waals surface area contributed by atoms with Gasteiger partial charge in [-0.05, 0) is 6.07 Å². The van der Waals surface area contributed by atoms with Crippen LogP contribution >= 0.6 is 0 Å². The molecule has 0 heterocycles. The molecule has 8 heteroatoms. The Kier molecular flexibility index (Phi) is 4.22. The molecule has 1 rings (SSSR count). The van der Waals surface area contributed by atoms with Crippen LogP contribution in [0.2, 0.25) is 0 Å². The minimum Gasteiger partial charge on any atom is -0.492 e.